The Balaban J connectivity index is 1.72. The molecule has 1 aromatic heterocycles. The molecule has 0 aliphatic rings. The highest BCUT2D eigenvalue weighted by Gasteiger charge is 2.37. The van der Waals surface area contributed by atoms with Crippen molar-refractivity contribution in [2.75, 3.05) is 5.32 Å². The summed E-state index contributed by atoms with van der Waals surface area (Å²) in [5.41, 5.74) is 3.76. The molecule has 0 fully saturated rings. The van der Waals surface area contributed by atoms with Crippen molar-refractivity contribution in [3.05, 3.63) is 82.7 Å². The van der Waals surface area contributed by atoms with Crippen LogP contribution in [0.2, 0.25) is 0 Å². The van der Waals surface area contributed by atoms with Crippen molar-refractivity contribution in [3.8, 4) is 5.75 Å². The first-order valence-corrected chi connectivity index (χ1v) is 15.8. The number of phenols is 1. The molecule has 0 spiro atoms. The molecule has 6 nitrogen and oxygen atoms in total. The fourth-order valence-electron chi connectivity index (χ4n) is 4.96. The summed E-state index contributed by atoms with van der Waals surface area (Å²) < 4.78 is 0. The lowest BCUT2D eigenvalue weighted by atomic mass is 9.79. The molecular weight excluding hydrogens is 556 g/mol. The lowest BCUT2D eigenvalue weighted by Gasteiger charge is -2.28. The van der Waals surface area contributed by atoms with Crippen molar-refractivity contribution in [3.63, 3.8) is 0 Å². The predicted molar refractivity (Wildman–Crippen MR) is 179 cm³/mol. The number of aromatic hydroxyl groups is 1. The van der Waals surface area contributed by atoms with Gasteiger partial charge in [-0.2, -0.15) is 0 Å². The maximum Gasteiger partial charge on any atom is 0.310 e. The summed E-state index contributed by atoms with van der Waals surface area (Å²) in [4.78, 5) is 30.4. The van der Waals surface area contributed by atoms with Gasteiger partial charge in [0.1, 0.15) is 5.75 Å². The van der Waals surface area contributed by atoms with E-state index in [0.717, 1.165) is 33.0 Å². The summed E-state index contributed by atoms with van der Waals surface area (Å²) in [5.74, 6) is -0.176. The summed E-state index contributed by atoms with van der Waals surface area (Å²) in [6.45, 7) is 16.3. The Kier molecular flexibility index (Phi) is 10.9. The fraction of sp³-hybridized carbons (Fsp3) is 0.417. The van der Waals surface area contributed by atoms with Gasteiger partial charge >= 0.3 is 5.97 Å². The van der Waals surface area contributed by atoms with Gasteiger partial charge in [-0.3, -0.25) is 14.6 Å². The van der Waals surface area contributed by atoms with Gasteiger partial charge in [0.15, 0.2) is 0 Å². The largest absolute Gasteiger partial charge is 0.507 e. The van der Waals surface area contributed by atoms with Crippen LogP contribution in [0.4, 0.5) is 5.69 Å². The molecule has 0 saturated carbocycles. The second-order valence-electron chi connectivity index (χ2n) is 13.2. The number of carboxylic acids is 1. The minimum absolute atomic E-state index is 0.0662. The van der Waals surface area contributed by atoms with E-state index in [2.05, 4.69) is 59.0 Å². The van der Waals surface area contributed by atoms with Gasteiger partial charge in [-0.25, -0.2) is 0 Å². The fourth-order valence-corrected chi connectivity index (χ4v) is 5.83. The van der Waals surface area contributed by atoms with Gasteiger partial charge in [0.25, 0.3) is 0 Å². The molecule has 1 heterocycles. The first-order valence-electron chi connectivity index (χ1n) is 14.9. The topological polar surface area (TPSA) is 99.5 Å². The van der Waals surface area contributed by atoms with Crippen LogP contribution in [-0.2, 0) is 26.2 Å². The molecule has 230 valence electrons. The molecule has 0 radical (unpaired) electrons. The Morgan fingerprint density at radius 2 is 1.49 bits per heavy atom. The smallest absolute Gasteiger partial charge is 0.310 e. The lowest BCUT2D eigenvalue weighted by molar-refractivity contribution is -0.151. The van der Waals surface area contributed by atoms with Crippen LogP contribution in [0, 0.1) is 5.41 Å². The SMILES string of the molecule is CCC(CC)(CC(=O)Nc1cccc(C=Cc2cccc(CSc3cc(C(C)(C)C)c(O)c(C(C)(C)C)c3)n2)c1)C(=O)O. The summed E-state index contributed by atoms with van der Waals surface area (Å²) >= 11 is 1.71. The first kappa shape index (κ1) is 33.9. The maximum absolute atomic E-state index is 12.7. The van der Waals surface area contributed by atoms with Crippen molar-refractivity contribution in [1.82, 2.24) is 4.98 Å². The number of carbonyl (C=O) groups excluding carboxylic acids is 1. The summed E-state index contributed by atoms with van der Waals surface area (Å²) in [6.07, 6.45) is 4.60. The highest BCUT2D eigenvalue weighted by molar-refractivity contribution is 7.98. The standard InChI is InChI=1S/C36H46N2O4S/c1-9-36(10-2,33(41)42)22-31(39)38-26-15-11-13-24(19-26)17-18-25-14-12-16-27(37-25)23-43-28-20-29(34(3,4)5)32(40)30(21-28)35(6,7)8/h11-21,40H,9-10,22-23H2,1-8H3,(H,38,39)(H,41,42). The van der Waals surface area contributed by atoms with Crippen molar-refractivity contribution < 1.29 is 19.8 Å². The van der Waals surface area contributed by atoms with E-state index in [1.807, 2.05) is 48.6 Å². The van der Waals surface area contributed by atoms with E-state index in [9.17, 15) is 19.8 Å². The van der Waals surface area contributed by atoms with Crippen LogP contribution in [-0.4, -0.2) is 27.1 Å². The highest BCUT2D eigenvalue weighted by atomic mass is 32.2. The number of rotatable bonds is 11. The third-order valence-corrected chi connectivity index (χ3v) is 8.85. The normalized spacial score (nSPS) is 12.5. The number of phenolic OH excluding ortho intramolecular Hbond substituents is 1. The number of nitrogens with one attached hydrogen (secondary N) is 1. The first-order chi connectivity index (χ1) is 20.1. The van der Waals surface area contributed by atoms with E-state index in [4.69, 9.17) is 4.98 Å². The molecule has 3 aromatic rings. The minimum atomic E-state index is -1.05. The molecule has 3 N–H and O–H groups in total. The molecule has 0 bridgehead atoms. The average Bonchev–Trinajstić information content (AvgIpc) is 2.93. The number of hydrogen-bond donors (Lipinski definition) is 3. The molecule has 0 atom stereocenters. The van der Waals surface area contributed by atoms with Gasteiger partial charge in [0.05, 0.1) is 16.8 Å². The van der Waals surface area contributed by atoms with Crippen LogP contribution in [0.25, 0.3) is 12.2 Å². The summed E-state index contributed by atoms with van der Waals surface area (Å²) in [6, 6.07) is 17.6. The molecule has 0 unspecified atom stereocenters. The van der Waals surface area contributed by atoms with Crippen LogP contribution in [0.1, 0.15) is 103 Å². The van der Waals surface area contributed by atoms with Gasteiger partial charge in [-0.15, -0.1) is 11.8 Å². The second-order valence-corrected chi connectivity index (χ2v) is 14.2. The number of hydrogen-bond acceptors (Lipinski definition) is 5. The van der Waals surface area contributed by atoms with Gasteiger partial charge in [0.2, 0.25) is 5.91 Å². The molecule has 3 rings (SSSR count). The van der Waals surface area contributed by atoms with Crippen molar-refractivity contribution in [2.24, 2.45) is 5.41 Å². The zero-order valence-electron chi connectivity index (χ0n) is 26.7. The Hall–Kier alpha value is -3.58. The molecule has 1 amide bonds. The number of aromatic nitrogens is 1. The van der Waals surface area contributed by atoms with Crippen molar-refractivity contribution >= 4 is 41.5 Å². The van der Waals surface area contributed by atoms with E-state index in [1.54, 1.807) is 31.7 Å². The van der Waals surface area contributed by atoms with Crippen LogP contribution in [0.5, 0.6) is 5.75 Å². The number of carbonyl (C=O) groups is 2. The molecule has 2 aromatic carbocycles. The van der Waals surface area contributed by atoms with E-state index < -0.39 is 11.4 Å². The number of carboxylic acid groups (broad SMARTS) is 1. The quantitative estimate of drug-likeness (QED) is 0.189. The van der Waals surface area contributed by atoms with Crippen LogP contribution in [0.15, 0.2) is 59.5 Å². The number of nitrogens with zero attached hydrogens (tertiary/aromatic N) is 1. The lowest BCUT2D eigenvalue weighted by Crippen LogP contribution is -2.34. The molecule has 43 heavy (non-hydrogen) atoms. The second kappa shape index (κ2) is 13.8. The van der Waals surface area contributed by atoms with E-state index >= 15 is 0 Å². The third-order valence-electron chi connectivity index (χ3n) is 7.84. The minimum Gasteiger partial charge on any atom is -0.507 e. The highest BCUT2D eigenvalue weighted by Crippen LogP contribution is 2.42. The molecule has 0 saturated heterocycles. The molecule has 0 aliphatic heterocycles. The number of aliphatic carboxylic acids is 1. The molecular formula is C36H46N2O4S. The van der Waals surface area contributed by atoms with Gasteiger partial charge in [-0.05, 0) is 71.7 Å². The monoisotopic (exact) mass is 602 g/mol. The molecule has 7 heteroatoms. The van der Waals surface area contributed by atoms with Gasteiger partial charge in [0, 0.05) is 33.9 Å². The van der Waals surface area contributed by atoms with Gasteiger partial charge in [-0.1, -0.05) is 79.7 Å². The summed E-state index contributed by atoms with van der Waals surface area (Å²) in [5, 5.41) is 23.6. The zero-order valence-corrected chi connectivity index (χ0v) is 27.6. The number of benzene rings is 2. The predicted octanol–water partition coefficient (Wildman–Crippen LogP) is 9.06. The Morgan fingerprint density at radius 3 is 2.05 bits per heavy atom. The number of pyridine rings is 1. The number of amides is 1. The van der Waals surface area contributed by atoms with Crippen LogP contribution in [0.3, 0.4) is 0 Å². The van der Waals surface area contributed by atoms with Gasteiger partial charge < -0.3 is 15.5 Å². The average molecular weight is 603 g/mol. The number of thioether (sulfide) groups is 1. The van der Waals surface area contributed by atoms with Crippen LogP contribution < -0.4 is 5.32 Å². The molecule has 0 aliphatic carbocycles. The van der Waals surface area contributed by atoms with E-state index in [0.29, 0.717) is 30.0 Å². The Labute approximate surface area is 261 Å². The van der Waals surface area contributed by atoms with Crippen molar-refractivity contribution in [2.45, 2.75) is 96.1 Å². The van der Waals surface area contributed by atoms with E-state index in [1.165, 1.54) is 0 Å². The number of anilines is 1. The Bertz CT molecular complexity index is 1440. The maximum atomic E-state index is 12.7. The van der Waals surface area contributed by atoms with Crippen molar-refractivity contribution in [1.29, 1.82) is 0 Å². The Morgan fingerprint density at radius 1 is 0.884 bits per heavy atom. The van der Waals surface area contributed by atoms with Crippen LogP contribution >= 0.6 is 11.8 Å². The third kappa shape index (κ3) is 8.96. The summed E-state index contributed by atoms with van der Waals surface area (Å²) in [7, 11) is 0. The zero-order chi connectivity index (χ0) is 32.0. The van der Waals surface area contributed by atoms with E-state index in [-0.39, 0.29) is 23.2 Å².